The van der Waals surface area contributed by atoms with Gasteiger partial charge in [-0.3, -0.25) is 0 Å². The lowest BCUT2D eigenvalue weighted by Crippen LogP contribution is -2.03. The Balaban J connectivity index is 2.02. The van der Waals surface area contributed by atoms with Crippen LogP contribution >= 0.6 is 0 Å². The van der Waals surface area contributed by atoms with Crippen molar-refractivity contribution in [2.24, 2.45) is 5.92 Å². The molecule has 1 saturated carbocycles. The molecule has 0 aromatic heterocycles. The Kier molecular flexibility index (Phi) is 3.44. The van der Waals surface area contributed by atoms with Crippen LogP contribution in [-0.2, 0) is 6.42 Å². The molecular weight excluding hydrogens is 207 g/mol. The van der Waals surface area contributed by atoms with E-state index in [0.717, 1.165) is 31.2 Å². The van der Waals surface area contributed by atoms with E-state index in [2.05, 4.69) is 0 Å². The zero-order valence-electron chi connectivity index (χ0n) is 9.45. The van der Waals surface area contributed by atoms with Crippen LogP contribution in [0.25, 0.3) is 0 Å². The predicted octanol–water partition coefficient (Wildman–Crippen LogP) is 2.54. The normalized spacial score (nSPS) is 24.7. The van der Waals surface area contributed by atoms with E-state index in [1.165, 1.54) is 13.2 Å². The highest BCUT2D eigenvalue weighted by molar-refractivity contribution is 5.29. The molecule has 1 aromatic carbocycles. The van der Waals surface area contributed by atoms with Gasteiger partial charge in [0, 0.05) is 0 Å². The molecule has 2 atom stereocenters. The van der Waals surface area contributed by atoms with Gasteiger partial charge in [0.05, 0.1) is 13.2 Å². The average Bonchev–Trinajstić information content (AvgIpc) is 2.64. The molecule has 1 aromatic rings. The van der Waals surface area contributed by atoms with Gasteiger partial charge < -0.3 is 9.84 Å². The van der Waals surface area contributed by atoms with Crippen molar-refractivity contribution in [2.75, 3.05) is 7.11 Å². The predicted molar refractivity (Wildman–Crippen MR) is 60.0 cm³/mol. The summed E-state index contributed by atoms with van der Waals surface area (Å²) < 4.78 is 18.3. The fraction of sp³-hybridized carbons (Fsp3) is 0.538. The molecule has 0 bridgehead atoms. The first-order chi connectivity index (χ1) is 7.69. The Morgan fingerprint density at radius 3 is 2.81 bits per heavy atom. The van der Waals surface area contributed by atoms with Gasteiger partial charge in [-0.2, -0.15) is 0 Å². The summed E-state index contributed by atoms with van der Waals surface area (Å²) in [7, 11) is 1.46. The quantitative estimate of drug-likeness (QED) is 0.855. The first-order valence-corrected chi connectivity index (χ1v) is 5.69. The number of aliphatic hydroxyl groups is 1. The molecule has 88 valence electrons. The summed E-state index contributed by atoms with van der Waals surface area (Å²) >= 11 is 0. The molecule has 1 N–H and O–H groups in total. The van der Waals surface area contributed by atoms with Crippen molar-refractivity contribution in [3.63, 3.8) is 0 Å². The van der Waals surface area contributed by atoms with Gasteiger partial charge in [-0.25, -0.2) is 4.39 Å². The van der Waals surface area contributed by atoms with Crippen LogP contribution in [-0.4, -0.2) is 18.3 Å². The smallest absolute Gasteiger partial charge is 0.165 e. The van der Waals surface area contributed by atoms with Crippen molar-refractivity contribution in [3.05, 3.63) is 29.6 Å². The molecule has 0 saturated heterocycles. The van der Waals surface area contributed by atoms with Crippen LogP contribution < -0.4 is 4.74 Å². The topological polar surface area (TPSA) is 29.5 Å². The van der Waals surface area contributed by atoms with Gasteiger partial charge in [0.25, 0.3) is 0 Å². The van der Waals surface area contributed by atoms with Crippen LogP contribution in [0.15, 0.2) is 18.2 Å². The van der Waals surface area contributed by atoms with E-state index < -0.39 is 0 Å². The van der Waals surface area contributed by atoms with E-state index in [4.69, 9.17) is 4.74 Å². The SMILES string of the molecule is COc1ccc(CC2CCC(O)C2)cc1F. The number of methoxy groups -OCH3 is 1. The lowest BCUT2D eigenvalue weighted by molar-refractivity contribution is 0.177. The second kappa shape index (κ2) is 4.83. The Hall–Kier alpha value is -1.09. The zero-order valence-corrected chi connectivity index (χ0v) is 9.45. The fourth-order valence-corrected chi connectivity index (χ4v) is 2.40. The Bertz CT molecular complexity index is 365. The van der Waals surface area contributed by atoms with Crippen molar-refractivity contribution in [3.8, 4) is 5.75 Å². The van der Waals surface area contributed by atoms with Crippen molar-refractivity contribution in [1.82, 2.24) is 0 Å². The summed E-state index contributed by atoms with van der Waals surface area (Å²) in [5.41, 5.74) is 0.984. The van der Waals surface area contributed by atoms with Crippen LogP contribution in [0.3, 0.4) is 0 Å². The summed E-state index contributed by atoms with van der Waals surface area (Å²) in [4.78, 5) is 0. The number of hydrogen-bond donors (Lipinski definition) is 1. The third-order valence-electron chi connectivity index (χ3n) is 3.25. The molecule has 16 heavy (non-hydrogen) atoms. The number of benzene rings is 1. The average molecular weight is 224 g/mol. The van der Waals surface area contributed by atoms with Crippen molar-refractivity contribution < 1.29 is 14.2 Å². The maximum absolute atomic E-state index is 13.4. The minimum atomic E-state index is -0.307. The minimum Gasteiger partial charge on any atom is -0.494 e. The molecule has 0 amide bonds. The third-order valence-corrected chi connectivity index (χ3v) is 3.25. The first kappa shape index (κ1) is 11.4. The van der Waals surface area contributed by atoms with Gasteiger partial charge in [-0.05, 0) is 49.3 Å². The van der Waals surface area contributed by atoms with E-state index in [9.17, 15) is 9.50 Å². The highest BCUT2D eigenvalue weighted by atomic mass is 19.1. The van der Waals surface area contributed by atoms with Gasteiger partial charge in [-0.15, -0.1) is 0 Å². The van der Waals surface area contributed by atoms with Crippen LogP contribution in [0.2, 0.25) is 0 Å². The number of halogens is 1. The van der Waals surface area contributed by atoms with E-state index in [1.807, 2.05) is 6.07 Å². The number of ether oxygens (including phenoxy) is 1. The van der Waals surface area contributed by atoms with Crippen molar-refractivity contribution >= 4 is 0 Å². The molecule has 0 heterocycles. The van der Waals surface area contributed by atoms with Crippen molar-refractivity contribution in [2.45, 2.75) is 31.8 Å². The first-order valence-electron chi connectivity index (χ1n) is 5.69. The molecule has 1 aliphatic rings. The largest absolute Gasteiger partial charge is 0.494 e. The van der Waals surface area contributed by atoms with Crippen LogP contribution in [0.1, 0.15) is 24.8 Å². The highest BCUT2D eigenvalue weighted by Gasteiger charge is 2.23. The van der Waals surface area contributed by atoms with Crippen LogP contribution in [0.5, 0.6) is 5.75 Å². The lowest BCUT2D eigenvalue weighted by atomic mass is 9.98. The molecule has 0 aliphatic heterocycles. The maximum atomic E-state index is 13.4. The summed E-state index contributed by atoms with van der Waals surface area (Å²) in [6.07, 6.45) is 3.44. The van der Waals surface area contributed by atoms with Gasteiger partial charge in [0.2, 0.25) is 0 Å². The van der Waals surface area contributed by atoms with Crippen molar-refractivity contribution in [1.29, 1.82) is 0 Å². The van der Waals surface area contributed by atoms with Gasteiger partial charge >= 0.3 is 0 Å². The molecule has 1 aliphatic carbocycles. The number of aliphatic hydroxyl groups excluding tert-OH is 1. The molecule has 1 fully saturated rings. The highest BCUT2D eigenvalue weighted by Crippen LogP contribution is 2.29. The minimum absolute atomic E-state index is 0.159. The summed E-state index contributed by atoms with van der Waals surface area (Å²) in [6, 6.07) is 5.09. The van der Waals surface area contributed by atoms with E-state index in [0.29, 0.717) is 5.92 Å². The molecule has 3 heteroatoms. The molecule has 2 nitrogen and oxygen atoms in total. The summed E-state index contributed by atoms with van der Waals surface area (Å²) in [5, 5.41) is 9.42. The zero-order chi connectivity index (χ0) is 11.5. The second-order valence-corrected chi connectivity index (χ2v) is 4.51. The van der Waals surface area contributed by atoms with Gasteiger partial charge in [-0.1, -0.05) is 6.07 Å². The summed E-state index contributed by atoms with van der Waals surface area (Å²) in [6.45, 7) is 0. The Labute approximate surface area is 95.1 Å². The van der Waals surface area contributed by atoms with Crippen LogP contribution in [0, 0.1) is 11.7 Å². The van der Waals surface area contributed by atoms with E-state index in [-0.39, 0.29) is 17.7 Å². The summed E-state index contributed by atoms with van der Waals surface area (Å²) in [5.74, 6) is 0.469. The lowest BCUT2D eigenvalue weighted by Gasteiger charge is -2.10. The molecule has 0 spiro atoms. The molecule has 2 unspecified atom stereocenters. The number of rotatable bonds is 3. The van der Waals surface area contributed by atoms with E-state index in [1.54, 1.807) is 6.07 Å². The standard InChI is InChI=1S/C13H17FO2/c1-16-13-5-3-10(8-12(13)14)6-9-2-4-11(15)7-9/h3,5,8-9,11,15H,2,4,6-7H2,1H3. The van der Waals surface area contributed by atoms with Crippen LogP contribution in [0.4, 0.5) is 4.39 Å². The third kappa shape index (κ3) is 2.53. The second-order valence-electron chi connectivity index (χ2n) is 4.51. The number of hydrogen-bond acceptors (Lipinski definition) is 2. The monoisotopic (exact) mass is 224 g/mol. The van der Waals surface area contributed by atoms with Gasteiger partial charge in [0.1, 0.15) is 0 Å². The Morgan fingerprint density at radius 2 is 2.25 bits per heavy atom. The molecule has 0 radical (unpaired) electrons. The Morgan fingerprint density at radius 1 is 1.44 bits per heavy atom. The maximum Gasteiger partial charge on any atom is 0.165 e. The molecule has 2 rings (SSSR count). The molecular formula is C13H17FO2. The van der Waals surface area contributed by atoms with E-state index >= 15 is 0 Å². The van der Waals surface area contributed by atoms with Gasteiger partial charge in [0.15, 0.2) is 11.6 Å². The fourth-order valence-electron chi connectivity index (χ4n) is 2.40.